The van der Waals surface area contributed by atoms with E-state index in [1.807, 2.05) is 36.5 Å². The minimum Gasteiger partial charge on any atom is -0.338 e. The first-order valence-corrected chi connectivity index (χ1v) is 9.49. The summed E-state index contributed by atoms with van der Waals surface area (Å²) >= 11 is 0. The van der Waals surface area contributed by atoms with Gasteiger partial charge in [-0.25, -0.2) is 15.0 Å². The van der Waals surface area contributed by atoms with Gasteiger partial charge in [0, 0.05) is 52.9 Å². The molecule has 0 saturated carbocycles. The standard InChI is InChI=1S/C23H15N7/c1-2-15(10-24-6-1)17-5-7-27-23-18(17)9-21(28-23)22-19-8-14(3-4-20(19)29-30-22)16-11-25-13-26-12-16/h1-13H,(H,27,28)(H,29,30). The highest BCUT2D eigenvalue weighted by atomic mass is 15.1. The van der Waals surface area contributed by atoms with Gasteiger partial charge in [0.1, 0.15) is 17.7 Å². The summed E-state index contributed by atoms with van der Waals surface area (Å²) in [5, 5.41) is 9.75. The lowest BCUT2D eigenvalue weighted by atomic mass is 10.0. The third-order valence-corrected chi connectivity index (χ3v) is 5.22. The van der Waals surface area contributed by atoms with Gasteiger partial charge >= 0.3 is 0 Å². The normalized spacial score (nSPS) is 11.3. The Labute approximate surface area is 170 Å². The Morgan fingerprint density at radius 1 is 0.733 bits per heavy atom. The molecule has 0 aliphatic heterocycles. The van der Waals surface area contributed by atoms with Crippen molar-refractivity contribution in [3.8, 4) is 33.6 Å². The summed E-state index contributed by atoms with van der Waals surface area (Å²) < 4.78 is 0. The number of pyridine rings is 2. The molecule has 0 saturated heterocycles. The number of aromatic amines is 2. The van der Waals surface area contributed by atoms with E-state index in [0.717, 1.165) is 55.6 Å². The largest absolute Gasteiger partial charge is 0.338 e. The molecule has 7 nitrogen and oxygen atoms in total. The minimum absolute atomic E-state index is 0.815. The third-order valence-electron chi connectivity index (χ3n) is 5.22. The van der Waals surface area contributed by atoms with Crippen LogP contribution in [0.5, 0.6) is 0 Å². The second-order valence-electron chi connectivity index (χ2n) is 7.01. The highest BCUT2D eigenvalue weighted by Crippen LogP contribution is 2.34. The fourth-order valence-corrected chi connectivity index (χ4v) is 3.78. The third kappa shape index (κ3) is 2.64. The van der Waals surface area contributed by atoms with Crippen molar-refractivity contribution in [1.29, 1.82) is 0 Å². The van der Waals surface area contributed by atoms with E-state index in [2.05, 4.69) is 47.2 Å². The molecule has 0 amide bonds. The van der Waals surface area contributed by atoms with Crippen molar-refractivity contribution in [2.45, 2.75) is 0 Å². The highest BCUT2D eigenvalue weighted by Gasteiger charge is 2.15. The van der Waals surface area contributed by atoms with Crippen LogP contribution in [-0.4, -0.2) is 35.1 Å². The summed E-state index contributed by atoms with van der Waals surface area (Å²) in [5.74, 6) is 0. The quantitative estimate of drug-likeness (QED) is 0.460. The molecule has 5 heterocycles. The Morgan fingerprint density at radius 3 is 2.50 bits per heavy atom. The molecule has 142 valence electrons. The molecule has 0 radical (unpaired) electrons. The molecule has 0 bridgehead atoms. The monoisotopic (exact) mass is 389 g/mol. The van der Waals surface area contributed by atoms with Crippen LogP contribution >= 0.6 is 0 Å². The predicted molar refractivity (Wildman–Crippen MR) is 115 cm³/mol. The van der Waals surface area contributed by atoms with Crippen molar-refractivity contribution >= 4 is 21.9 Å². The van der Waals surface area contributed by atoms with Gasteiger partial charge in [-0.3, -0.25) is 10.1 Å². The molecular weight excluding hydrogens is 374 g/mol. The van der Waals surface area contributed by atoms with Gasteiger partial charge in [0.15, 0.2) is 0 Å². The first-order valence-electron chi connectivity index (χ1n) is 9.49. The summed E-state index contributed by atoms with van der Waals surface area (Å²) in [6, 6.07) is 14.3. The Balaban J connectivity index is 1.52. The number of rotatable bonds is 3. The lowest BCUT2D eigenvalue weighted by Gasteiger charge is -2.01. The van der Waals surface area contributed by atoms with E-state index < -0.39 is 0 Å². The van der Waals surface area contributed by atoms with Crippen LogP contribution in [0.1, 0.15) is 0 Å². The first-order chi connectivity index (χ1) is 14.9. The summed E-state index contributed by atoms with van der Waals surface area (Å²) in [6.07, 6.45) is 10.6. The van der Waals surface area contributed by atoms with Crippen LogP contribution in [0.3, 0.4) is 0 Å². The van der Waals surface area contributed by atoms with Crippen LogP contribution in [0.15, 0.2) is 79.8 Å². The van der Waals surface area contributed by atoms with E-state index in [9.17, 15) is 0 Å². The molecule has 0 fully saturated rings. The van der Waals surface area contributed by atoms with Crippen molar-refractivity contribution < 1.29 is 0 Å². The maximum Gasteiger partial charge on any atom is 0.138 e. The number of nitrogens with one attached hydrogen (secondary N) is 2. The van der Waals surface area contributed by atoms with E-state index in [1.54, 1.807) is 24.8 Å². The Morgan fingerprint density at radius 2 is 1.63 bits per heavy atom. The summed E-state index contributed by atoms with van der Waals surface area (Å²) in [4.78, 5) is 20.4. The lowest BCUT2D eigenvalue weighted by molar-refractivity contribution is 1.12. The van der Waals surface area contributed by atoms with Crippen molar-refractivity contribution in [3.05, 3.63) is 79.8 Å². The van der Waals surface area contributed by atoms with Crippen LogP contribution in [0, 0.1) is 0 Å². The van der Waals surface area contributed by atoms with Gasteiger partial charge in [-0.2, -0.15) is 5.10 Å². The van der Waals surface area contributed by atoms with Gasteiger partial charge in [0.2, 0.25) is 0 Å². The molecule has 1 aromatic carbocycles. The molecule has 0 spiro atoms. The number of H-pyrrole nitrogens is 2. The molecule has 0 aliphatic rings. The van der Waals surface area contributed by atoms with Gasteiger partial charge in [-0.15, -0.1) is 0 Å². The minimum atomic E-state index is 0.815. The van der Waals surface area contributed by atoms with Crippen LogP contribution in [0.4, 0.5) is 0 Å². The molecule has 0 aliphatic carbocycles. The summed E-state index contributed by atoms with van der Waals surface area (Å²) in [6.45, 7) is 0. The average molecular weight is 389 g/mol. The molecule has 0 unspecified atom stereocenters. The maximum atomic E-state index is 4.57. The molecule has 0 atom stereocenters. The average Bonchev–Trinajstić information content (AvgIpc) is 3.43. The Bertz CT molecular complexity index is 1480. The zero-order chi connectivity index (χ0) is 19.9. The van der Waals surface area contributed by atoms with Crippen molar-refractivity contribution in [2.24, 2.45) is 0 Å². The van der Waals surface area contributed by atoms with Crippen molar-refractivity contribution in [3.63, 3.8) is 0 Å². The maximum absolute atomic E-state index is 4.57. The van der Waals surface area contributed by atoms with E-state index in [1.165, 1.54) is 6.33 Å². The van der Waals surface area contributed by atoms with Crippen molar-refractivity contribution in [2.75, 3.05) is 0 Å². The van der Waals surface area contributed by atoms with Crippen LogP contribution in [0.25, 0.3) is 55.6 Å². The number of aromatic nitrogens is 7. The van der Waals surface area contributed by atoms with Gasteiger partial charge < -0.3 is 4.98 Å². The zero-order valence-electron chi connectivity index (χ0n) is 15.7. The summed E-state index contributed by atoms with van der Waals surface area (Å²) in [5.41, 5.74) is 7.66. The van der Waals surface area contributed by atoms with E-state index >= 15 is 0 Å². The topological polar surface area (TPSA) is 96.0 Å². The van der Waals surface area contributed by atoms with E-state index in [0.29, 0.717) is 0 Å². The van der Waals surface area contributed by atoms with Gasteiger partial charge in [-0.05, 0) is 41.5 Å². The van der Waals surface area contributed by atoms with E-state index in [-0.39, 0.29) is 0 Å². The van der Waals surface area contributed by atoms with Gasteiger partial charge in [0.05, 0.1) is 11.2 Å². The molecule has 6 aromatic rings. The van der Waals surface area contributed by atoms with Crippen LogP contribution in [0.2, 0.25) is 0 Å². The summed E-state index contributed by atoms with van der Waals surface area (Å²) in [7, 11) is 0. The fourth-order valence-electron chi connectivity index (χ4n) is 3.78. The molecule has 6 rings (SSSR count). The Kier molecular flexibility index (Phi) is 3.64. The molecule has 30 heavy (non-hydrogen) atoms. The SMILES string of the molecule is c1cncc(-c2ccnc3[nH]c(-c4n[nH]c5ccc(-c6cncnc6)cc45)cc23)c1. The zero-order valence-corrected chi connectivity index (χ0v) is 15.7. The highest BCUT2D eigenvalue weighted by molar-refractivity contribution is 6.00. The number of nitrogens with zero attached hydrogens (tertiary/aromatic N) is 5. The number of hydrogen-bond donors (Lipinski definition) is 2. The molecule has 2 N–H and O–H groups in total. The second kappa shape index (κ2) is 6.59. The molecular formula is C23H15N7. The second-order valence-corrected chi connectivity index (χ2v) is 7.01. The number of benzene rings is 1. The fraction of sp³-hybridized carbons (Fsp3) is 0. The predicted octanol–water partition coefficient (Wildman–Crippen LogP) is 4.63. The number of fused-ring (bicyclic) bond motifs is 2. The smallest absolute Gasteiger partial charge is 0.138 e. The molecule has 7 heteroatoms. The lowest BCUT2D eigenvalue weighted by Crippen LogP contribution is -1.83. The number of hydrogen-bond acceptors (Lipinski definition) is 5. The van der Waals surface area contributed by atoms with Crippen molar-refractivity contribution in [1.82, 2.24) is 35.1 Å². The van der Waals surface area contributed by atoms with Gasteiger partial charge in [-0.1, -0.05) is 12.1 Å². The molecule has 5 aromatic heterocycles. The van der Waals surface area contributed by atoms with Gasteiger partial charge in [0.25, 0.3) is 0 Å². The van der Waals surface area contributed by atoms with E-state index in [4.69, 9.17) is 0 Å². The Hall–Kier alpha value is -4.39. The van der Waals surface area contributed by atoms with Crippen LogP contribution in [-0.2, 0) is 0 Å². The van der Waals surface area contributed by atoms with Crippen LogP contribution < -0.4 is 0 Å². The first kappa shape index (κ1) is 16.6.